The number of ether oxygens (including phenoxy) is 1. The van der Waals surface area contributed by atoms with Crippen LogP contribution in [0.3, 0.4) is 0 Å². The van der Waals surface area contributed by atoms with Crippen molar-refractivity contribution in [2.75, 3.05) is 0 Å². The van der Waals surface area contributed by atoms with Crippen molar-refractivity contribution < 1.29 is 9.53 Å². The smallest absolute Gasteiger partial charge is 0.345 e. The number of nitrogens with zero attached hydrogens (tertiary/aromatic N) is 1. The summed E-state index contributed by atoms with van der Waals surface area (Å²) in [5.41, 5.74) is 5.49. The van der Waals surface area contributed by atoms with Crippen molar-refractivity contribution in [3.8, 4) is 39.4 Å². The van der Waals surface area contributed by atoms with E-state index in [4.69, 9.17) is 16.3 Å². The Morgan fingerprint density at radius 2 is 1.45 bits per heavy atom. The van der Waals surface area contributed by atoms with Gasteiger partial charge in [0, 0.05) is 34.2 Å². The van der Waals surface area contributed by atoms with Gasteiger partial charge >= 0.3 is 5.97 Å². The molecule has 0 aliphatic rings. The molecule has 2 heterocycles. The van der Waals surface area contributed by atoms with Crippen LogP contribution in [-0.4, -0.2) is 15.9 Å². The molecule has 2 aromatic heterocycles. The van der Waals surface area contributed by atoms with E-state index in [0.29, 0.717) is 22.0 Å². The zero-order valence-electron chi connectivity index (χ0n) is 17.5. The van der Waals surface area contributed by atoms with Gasteiger partial charge in [-0.05, 0) is 47.5 Å². The first-order chi connectivity index (χ1) is 16.2. The fourth-order valence-corrected chi connectivity index (χ4v) is 3.84. The number of para-hydroxylation sites is 1. The fraction of sp³-hybridized carbons (Fsp3) is 0. The Hall–Kier alpha value is -4.15. The summed E-state index contributed by atoms with van der Waals surface area (Å²) in [6.07, 6.45) is 3.38. The van der Waals surface area contributed by atoms with E-state index < -0.39 is 5.97 Å². The number of pyridine rings is 1. The Bertz CT molecular complexity index is 1400. The van der Waals surface area contributed by atoms with Crippen LogP contribution in [0.25, 0.3) is 33.6 Å². The highest BCUT2D eigenvalue weighted by molar-refractivity contribution is 6.30. The number of aromatic nitrogens is 2. The van der Waals surface area contributed by atoms with Crippen LogP contribution in [0.1, 0.15) is 10.4 Å². The Kier molecular flexibility index (Phi) is 5.75. The topological polar surface area (TPSA) is 55.0 Å². The molecule has 0 radical (unpaired) electrons. The molecule has 0 aliphatic carbocycles. The van der Waals surface area contributed by atoms with Gasteiger partial charge in [0.25, 0.3) is 0 Å². The summed E-state index contributed by atoms with van der Waals surface area (Å²) in [4.78, 5) is 20.9. The van der Waals surface area contributed by atoms with E-state index in [1.54, 1.807) is 18.5 Å². The molecule has 0 saturated carbocycles. The third kappa shape index (κ3) is 4.43. The molecular weight excluding hydrogens is 432 g/mol. The highest BCUT2D eigenvalue weighted by atomic mass is 35.5. The van der Waals surface area contributed by atoms with Crippen molar-refractivity contribution in [1.29, 1.82) is 0 Å². The minimum atomic E-state index is -0.443. The molecule has 0 saturated heterocycles. The highest BCUT2D eigenvalue weighted by Crippen LogP contribution is 2.33. The molecule has 0 unspecified atom stereocenters. The number of rotatable bonds is 5. The molecule has 0 bridgehead atoms. The molecule has 4 nitrogen and oxygen atoms in total. The number of hydrogen-bond acceptors (Lipinski definition) is 3. The molecule has 160 valence electrons. The molecule has 0 fully saturated rings. The molecule has 33 heavy (non-hydrogen) atoms. The largest absolute Gasteiger partial charge is 0.422 e. The lowest BCUT2D eigenvalue weighted by molar-refractivity contribution is 0.0736. The minimum absolute atomic E-state index is 0.439. The van der Waals surface area contributed by atoms with Crippen LogP contribution in [-0.2, 0) is 0 Å². The van der Waals surface area contributed by atoms with Crippen molar-refractivity contribution >= 4 is 17.6 Å². The van der Waals surface area contributed by atoms with Crippen LogP contribution in [0.15, 0.2) is 109 Å². The van der Waals surface area contributed by atoms with Gasteiger partial charge in [-0.2, -0.15) is 0 Å². The quantitative estimate of drug-likeness (QED) is 0.226. The maximum atomic E-state index is 13.4. The van der Waals surface area contributed by atoms with Gasteiger partial charge in [-0.15, -0.1) is 0 Å². The number of carbonyl (C=O) groups is 1. The van der Waals surface area contributed by atoms with Crippen LogP contribution in [0, 0.1) is 0 Å². The van der Waals surface area contributed by atoms with Crippen molar-refractivity contribution in [1.82, 2.24) is 9.97 Å². The Morgan fingerprint density at radius 1 is 0.758 bits per heavy atom. The lowest BCUT2D eigenvalue weighted by Gasteiger charge is -2.10. The third-order valence-corrected chi connectivity index (χ3v) is 5.59. The van der Waals surface area contributed by atoms with E-state index in [1.807, 2.05) is 91.0 Å². The van der Waals surface area contributed by atoms with Crippen molar-refractivity contribution in [3.63, 3.8) is 0 Å². The Labute approximate surface area is 196 Å². The average Bonchev–Trinajstić information content (AvgIpc) is 3.32. The zero-order valence-corrected chi connectivity index (χ0v) is 18.3. The second kappa shape index (κ2) is 9.15. The number of carbonyl (C=O) groups excluding carboxylic acids is 1. The zero-order chi connectivity index (χ0) is 22.6. The summed E-state index contributed by atoms with van der Waals surface area (Å²) in [6.45, 7) is 0. The van der Waals surface area contributed by atoms with Crippen LogP contribution in [0.4, 0.5) is 0 Å². The molecule has 0 spiro atoms. The lowest BCUT2D eigenvalue weighted by Crippen LogP contribution is -2.09. The van der Waals surface area contributed by atoms with Crippen LogP contribution < -0.4 is 4.74 Å². The average molecular weight is 451 g/mol. The van der Waals surface area contributed by atoms with Crippen molar-refractivity contribution in [2.24, 2.45) is 0 Å². The summed E-state index contributed by atoms with van der Waals surface area (Å²) in [7, 11) is 0. The number of nitrogens with one attached hydrogen (secondary N) is 1. The fourth-order valence-electron chi connectivity index (χ4n) is 3.71. The summed E-state index contributed by atoms with van der Waals surface area (Å²) in [6, 6.07) is 30.4. The molecule has 3 aromatic carbocycles. The van der Waals surface area contributed by atoms with Gasteiger partial charge in [-0.1, -0.05) is 72.3 Å². The highest BCUT2D eigenvalue weighted by Gasteiger charge is 2.21. The third-order valence-electron chi connectivity index (χ3n) is 5.34. The van der Waals surface area contributed by atoms with Gasteiger partial charge in [0.15, 0.2) is 0 Å². The number of halogens is 1. The standard InChI is InChI=1S/C28H19ClN2O2/c29-22-12-10-20(11-13-22)25-18-24(27(31-25)21-14-16-30-17-15-21)28(32)33-26-9-5-4-8-23(26)19-6-2-1-3-7-19/h1-18,31H. The van der Waals surface area contributed by atoms with E-state index in [-0.39, 0.29) is 0 Å². The summed E-state index contributed by atoms with van der Waals surface area (Å²) >= 11 is 6.05. The van der Waals surface area contributed by atoms with Gasteiger partial charge < -0.3 is 9.72 Å². The normalized spacial score (nSPS) is 10.7. The molecular formula is C28H19ClN2O2. The predicted molar refractivity (Wildman–Crippen MR) is 131 cm³/mol. The van der Waals surface area contributed by atoms with E-state index >= 15 is 0 Å². The number of H-pyrrole nitrogens is 1. The number of aromatic amines is 1. The summed E-state index contributed by atoms with van der Waals surface area (Å²) in [5.74, 6) is 0.0604. The molecule has 0 amide bonds. The first-order valence-corrected chi connectivity index (χ1v) is 10.8. The van der Waals surface area contributed by atoms with E-state index in [0.717, 1.165) is 27.9 Å². The second-order valence-corrected chi connectivity index (χ2v) is 7.90. The molecule has 0 atom stereocenters. The minimum Gasteiger partial charge on any atom is -0.422 e. The number of hydrogen-bond donors (Lipinski definition) is 1. The van der Waals surface area contributed by atoms with Gasteiger partial charge in [0.2, 0.25) is 0 Å². The molecule has 5 rings (SSSR count). The van der Waals surface area contributed by atoms with E-state index in [1.165, 1.54) is 0 Å². The SMILES string of the molecule is O=C(Oc1ccccc1-c1ccccc1)c1cc(-c2ccc(Cl)cc2)[nH]c1-c1ccncc1. The van der Waals surface area contributed by atoms with Gasteiger partial charge in [-0.25, -0.2) is 4.79 Å². The molecule has 1 N–H and O–H groups in total. The molecule has 5 aromatic rings. The summed E-state index contributed by atoms with van der Waals surface area (Å²) in [5, 5.41) is 0.650. The molecule has 0 aliphatic heterocycles. The monoisotopic (exact) mass is 450 g/mol. The van der Waals surface area contributed by atoms with E-state index in [2.05, 4.69) is 9.97 Å². The predicted octanol–water partition coefficient (Wildman–Crippen LogP) is 7.28. The summed E-state index contributed by atoms with van der Waals surface area (Å²) < 4.78 is 5.92. The van der Waals surface area contributed by atoms with Gasteiger partial charge in [0.05, 0.1) is 11.3 Å². The lowest BCUT2D eigenvalue weighted by atomic mass is 10.0. The van der Waals surface area contributed by atoms with Gasteiger partial charge in [-0.3, -0.25) is 4.98 Å². The Morgan fingerprint density at radius 3 is 2.21 bits per heavy atom. The molecule has 5 heteroatoms. The number of benzene rings is 3. The van der Waals surface area contributed by atoms with E-state index in [9.17, 15) is 4.79 Å². The van der Waals surface area contributed by atoms with Crippen LogP contribution in [0.5, 0.6) is 5.75 Å². The van der Waals surface area contributed by atoms with Crippen LogP contribution in [0.2, 0.25) is 5.02 Å². The van der Waals surface area contributed by atoms with Crippen molar-refractivity contribution in [3.05, 3.63) is 120 Å². The first-order valence-electron chi connectivity index (χ1n) is 10.4. The number of esters is 1. The Balaban J connectivity index is 1.55. The first kappa shape index (κ1) is 20.7. The van der Waals surface area contributed by atoms with Crippen molar-refractivity contribution in [2.45, 2.75) is 0 Å². The van der Waals surface area contributed by atoms with Gasteiger partial charge in [0.1, 0.15) is 5.75 Å². The second-order valence-electron chi connectivity index (χ2n) is 7.47. The van der Waals surface area contributed by atoms with Crippen LogP contribution >= 0.6 is 11.6 Å². The maximum Gasteiger partial charge on any atom is 0.345 e. The maximum absolute atomic E-state index is 13.4.